The normalized spacial score (nSPS) is 17.8. The van der Waals surface area contributed by atoms with Crippen molar-refractivity contribution in [3.05, 3.63) is 53.9 Å². The summed E-state index contributed by atoms with van der Waals surface area (Å²) < 4.78 is 6.40. The minimum Gasteiger partial charge on any atom is -0.453 e. The molecule has 1 aromatic carbocycles. The molecule has 13 nitrogen and oxygen atoms in total. The van der Waals surface area contributed by atoms with E-state index in [0.717, 1.165) is 30.6 Å². The van der Waals surface area contributed by atoms with Gasteiger partial charge < -0.3 is 25.0 Å². The van der Waals surface area contributed by atoms with E-state index in [4.69, 9.17) is 4.74 Å². The SMILES string of the molecule is COC(=O)N1CC(n2nnc(-c3ccc(C)c(NC(=O)c4cnn5ccc(N6CCC[C@@H](O)C6)cc45)c3)n2)C1. The number of piperidine rings is 1. The number of pyridine rings is 1. The molecule has 3 aromatic heterocycles. The van der Waals surface area contributed by atoms with Crippen LogP contribution >= 0.6 is 0 Å². The zero-order valence-electron chi connectivity index (χ0n) is 21.7. The number of aryl methyl sites for hydroxylation is 1. The average Bonchev–Trinajstić information content (AvgIpc) is 3.56. The maximum absolute atomic E-state index is 13.4. The number of carbonyl (C=O) groups excluding carboxylic acids is 2. The molecule has 2 N–H and O–H groups in total. The van der Waals surface area contributed by atoms with Crippen LogP contribution in [-0.2, 0) is 4.74 Å². The summed E-state index contributed by atoms with van der Waals surface area (Å²) in [5.41, 5.74) is 4.30. The summed E-state index contributed by atoms with van der Waals surface area (Å²) in [5, 5.41) is 30.3. The standard InChI is InChI=1S/C26H29N9O4/c1-16-5-6-17(24-29-31-35(30-24)19-13-33(14-19)26(38)39-2)10-22(16)28-25(37)21-12-27-34-9-7-18(11-23(21)34)32-8-3-4-20(36)15-32/h5-7,9-12,19-20,36H,3-4,8,13-15H2,1-2H3,(H,28,37)/t20-/m1/s1. The lowest BCUT2D eigenvalue weighted by Gasteiger charge is -2.36. The number of fused-ring (bicyclic) bond motifs is 1. The minimum atomic E-state index is -0.377. The molecular formula is C26H29N9O4. The van der Waals surface area contributed by atoms with Crippen molar-refractivity contribution < 1.29 is 19.4 Å². The Kier molecular flexibility index (Phi) is 6.35. The highest BCUT2D eigenvalue weighted by atomic mass is 16.5. The maximum atomic E-state index is 13.4. The van der Waals surface area contributed by atoms with Crippen LogP contribution in [0.4, 0.5) is 16.2 Å². The van der Waals surface area contributed by atoms with Crippen LogP contribution in [0.2, 0.25) is 0 Å². The molecule has 0 saturated carbocycles. The van der Waals surface area contributed by atoms with E-state index in [1.165, 1.54) is 11.9 Å². The number of methoxy groups -OCH3 is 1. The number of hydrogen-bond acceptors (Lipinski definition) is 9. The number of aliphatic hydroxyl groups is 1. The van der Waals surface area contributed by atoms with Gasteiger partial charge in [0.2, 0.25) is 5.82 Å². The Hall–Kier alpha value is -4.52. The molecule has 2 aliphatic heterocycles. The zero-order valence-corrected chi connectivity index (χ0v) is 21.7. The summed E-state index contributed by atoms with van der Waals surface area (Å²) in [6.45, 7) is 4.25. The van der Waals surface area contributed by atoms with Crippen molar-refractivity contribution in [2.24, 2.45) is 0 Å². The van der Waals surface area contributed by atoms with Gasteiger partial charge in [0.05, 0.1) is 43.6 Å². The fourth-order valence-corrected chi connectivity index (χ4v) is 4.99. The van der Waals surface area contributed by atoms with Gasteiger partial charge in [-0.25, -0.2) is 9.31 Å². The van der Waals surface area contributed by atoms with Gasteiger partial charge in [0.1, 0.15) is 6.04 Å². The fourth-order valence-electron chi connectivity index (χ4n) is 4.99. The number of rotatable bonds is 5. The highest BCUT2D eigenvalue weighted by Crippen LogP contribution is 2.27. The van der Waals surface area contributed by atoms with Crippen molar-refractivity contribution in [2.75, 3.05) is 43.5 Å². The highest BCUT2D eigenvalue weighted by Gasteiger charge is 2.34. The summed E-state index contributed by atoms with van der Waals surface area (Å²) in [6, 6.07) is 9.41. The Morgan fingerprint density at radius 1 is 1.15 bits per heavy atom. The molecule has 6 rings (SSSR count). The van der Waals surface area contributed by atoms with Gasteiger partial charge in [-0.05, 0) is 48.7 Å². The second kappa shape index (κ2) is 9.98. The summed E-state index contributed by atoms with van der Waals surface area (Å²) in [7, 11) is 1.35. The van der Waals surface area contributed by atoms with Crippen LogP contribution in [0.25, 0.3) is 16.9 Å². The molecule has 0 bridgehead atoms. The Balaban J connectivity index is 1.20. The van der Waals surface area contributed by atoms with Gasteiger partial charge in [0.15, 0.2) is 0 Å². The predicted octanol–water partition coefficient (Wildman–Crippen LogP) is 2.13. The summed E-state index contributed by atoms with van der Waals surface area (Å²) >= 11 is 0. The molecule has 0 aliphatic carbocycles. The van der Waals surface area contributed by atoms with Crippen molar-refractivity contribution in [2.45, 2.75) is 31.9 Å². The Morgan fingerprint density at radius 3 is 2.79 bits per heavy atom. The molecule has 202 valence electrons. The van der Waals surface area contributed by atoms with Gasteiger partial charge in [0.25, 0.3) is 5.91 Å². The fraction of sp³-hybridized carbons (Fsp3) is 0.385. The number of benzene rings is 1. The number of aliphatic hydroxyl groups excluding tert-OH is 1. The molecule has 39 heavy (non-hydrogen) atoms. The lowest BCUT2D eigenvalue weighted by Crippen LogP contribution is -2.51. The van der Waals surface area contributed by atoms with Crippen LogP contribution in [0.15, 0.2) is 42.7 Å². The largest absolute Gasteiger partial charge is 0.453 e. The number of hydrogen-bond donors (Lipinski definition) is 2. The molecule has 5 heterocycles. The van der Waals surface area contributed by atoms with E-state index in [0.29, 0.717) is 47.8 Å². The van der Waals surface area contributed by atoms with Crippen molar-refractivity contribution in [3.63, 3.8) is 0 Å². The van der Waals surface area contributed by atoms with E-state index in [1.54, 1.807) is 15.6 Å². The van der Waals surface area contributed by atoms with Crippen LogP contribution in [-0.4, -0.2) is 91.2 Å². The zero-order chi connectivity index (χ0) is 27.1. The molecule has 0 spiro atoms. The summed E-state index contributed by atoms with van der Waals surface area (Å²) in [5.74, 6) is 0.140. The third-order valence-electron chi connectivity index (χ3n) is 7.31. The lowest BCUT2D eigenvalue weighted by molar-refractivity contribution is 0.0621. The number of β-amino-alcohol motifs (C(OH)–C–C–N with tert-alkyl or cyclic N) is 1. The van der Waals surface area contributed by atoms with E-state index >= 15 is 0 Å². The van der Waals surface area contributed by atoms with Gasteiger partial charge in [-0.1, -0.05) is 12.1 Å². The Bertz CT molecular complexity index is 1540. The van der Waals surface area contributed by atoms with Gasteiger partial charge >= 0.3 is 6.09 Å². The number of anilines is 2. The first-order chi connectivity index (χ1) is 18.9. The first-order valence-electron chi connectivity index (χ1n) is 12.8. The monoisotopic (exact) mass is 531 g/mol. The quantitative estimate of drug-likeness (QED) is 0.396. The number of nitrogens with zero attached hydrogens (tertiary/aromatic N) is 8. The topological polar surface area (TPSA) is 143 Å². The molecule has 0 unspecified atom stereocenters. The molecule has 13 heteroatoms. The number of tetrazole rings is 1. The molecular weight excluding hydrogens is 502 g/mol. The van der Waals surface area contributed by atoms with Crippen LogP contribution in [0, 0.1) is 6.92 Å². The number of amides is 2. The number of nitrogens with one attached hydrogen (secondary N) is 1. The molecule has 2 aliphatic rings. The van der Waals surface area contributed by atoms with E-state index in [9.17, 15) is 14.7 Å². The third-order valence-corrected chi connectivity index (χ3v) is 7.31. The van der Waals surface area contributed by atoms with Crippen LogP contribution in [0.5, 0.6) is 0 Å². The summed E-state index contributed by atoms with van der Waals surface area (Å²) in [6.07, 6.45) is 4.38. The van der Waals surface area contributed by atoms with Gasteiger partial charge in [-0.3, -0.25) is 4.79 Å². The second-order valence-corrected chi connectivity index (χ2v) is 9.96. The van der Waals surface area contributed by atoms with E-state index in [2.05, 4.69) is 30.7 Å². The van der Waals surface area contributed by atoms with E-state index in [-0.39, 0.29) is 24.1 Å². The third kappa shape index (κ3) is 4.76. The highest BCUT2D eigenvalue weighted by molar-refractivity contribution is 6.09. The smallest absolute Gasteiger partial charge is 0.409 e. The molecule has 2 saturated heterocycles. The van der Waals surface area contributed by atoms with Gasteiger partial charge in [-0.15, -0.1) is 10.2 Å². The average molecular weight is 532 g/mol. The molecule has 2 fully saturated rings. The van der Waals surface area contributed by atoms with Crippen molar-refractivity contribution in [1.82, 2.24) is 34.7 Å². The molecule has 4 aromatic rings. The molecule has 1 atom stereocenters. The van der Waals surface area contributed by atoms with Crippen LogP contribution < -0.4 is 10.2 Å². The minimum absolute atomic E-state index is 0.0660. The van der Waals surface area contributed by atoms with Gasteiger partial charge in [0, 0.05) is 36.2 Å². The van der Waals surface area contributed by atoms with Crippen molar-refractivity contribution in [3.8, 4) is 11.4 Å². The van der Waals surface area contributed by atoms with Crippen LogP contribution in [0.1, 0.15) is 34.8 Å². The lowest BCUT2D eigenvalue weighted by atomic mass is 10.1. The van der Waals surface area contributed by atoms with Crippen molar-refractivity contribution >= 4 is 28.9 Å². The number of aromatic nitrogens is 6. The molecule has 0 radical (unpaired) electrons. The maximum Gasteiger partial charge on any atom is 0.409 e. The van der Waals surface area contributed by atoms with E-state index < -0.39 is 0 Å². The van der Waals surface area contributed by atoms with Crippen LogP contribution in [0.3, 0.4) is 0 Å². The Labute approximate surface area is 224 Å². The Morgan fingerprint density at radius 2 is 2.00 bits per heavy atom. The molecule has 2 amide bonds. The van der Waals surface area contributed by atoms with Crippen molar-refractivity contribution in [1.29, 1.82) is 0 Å². The van der Waals surface area contributed by atoms with E-state index in [1.807, 2.05) is 43.5 Å². The summed E-state index contributed by atoms with van der Waals surface area (Å²) in [4.78, 5) is 30.2. The first-order valence-corrected chi connectivity index (χ1v) is 12.8. The first kappa shape index (κ1) is 24.8. The predicted molar refractivity (Wildman–Crippen MR) is 142 cm³/mol. The number of carbonyl (C=O) groups is 2. The number of ether oxygens (including phenoxy) is 1. The second-order valence-electron chi connectivity index (χ2n) is 9.96. The number of likely N-dealkylation sites (tertiary alicyclic amines) is 1. The van der Waals surface area contributed by atoms with Gasteiger partial charge in [-0.2, -0.15) is 9.90 Å².